The Bertz CT molecular complexity index is 718. The first-order valence-corrected chi connectivity index (χ1v) is 6.19. The molecular weight excluding hydrogens is 301 g/mol. The van der Waals surface area contributed by atoms with Gasteiger partial charge >= 0.3 is 0 Å². The second kappa shape index (κ2) is 6.31. The van der Waals surface area contributed by atoms with E-state index in [9.17, 15) is 4.79 Å². The van der Waals surface area contributed by atoms with E-state index in [1.165, 1.54) is 30.9 Å². The van der Waals surface area contributed by atoms with Gasteiger partial charge in [-0.2, -0.15) is 0 Å². The molecule has 0 aromatic carbocycles. The first-order chi connectivity index (χ1) is 9.60. The molecule has 0 saturated heterocycles. The van der Waals surface area contributed by atoms with Crippen LogP contribution in [0, 0.1) is 0 Å². The second-order valence-electron chi connectivity index (χ2n) is 3.63. The van der Waals surface area contributed by atoms with Gasteiger partial charge in [0.1, 0.15) is 0 Å². The maximum atomic E-state index is 10.9. The van der Waals surface area contributed by atoms with Crippen molar-refractivity contribution in [2.24, 2.45) is 10.7 Å². The van der Waals surface area contributed by atoms with Crippen LogP contribution in [0.4, 0.5) is 5.69 Å². The quantitative estimate of drug-likeness (QED) is 0.670. The van der Waals surface area contributed by atoms with Crippen molar-refractivity contribution >= 4 is 40.7 Å². The summed E-state index contributed by atoms with van der Waals surface area (Å²) < 4.78 is 0. The van der Waals surface area contributed by atoms with Crippen LogP contribution in [0.2, 0.25) is 10.3 Å². The van der Waals surface area contributed by atoms with E-state index >= 15 is 0 Å². The zero-order chi connectivity index (χ0) is 14.5. The number of hydrogen-bond acceptors (Lipinski definition) is 5. The van der Waals surface area contributed by atoms with Crippen LogP contribution in [-0.2, 0) is 0 Å². The lowest BCUT2D eigenvalue weighted by atomic mass is 10.2. The number of nitrogens with one attached hydrogen (secondary N) is 1. The Morgan fingerprint density at radius 3 is 2.85 bits per heavy atom. The highest BCUT2D eigenvalue weighted by molar-refractivity contribution is 6.34. The largest absolute Gasteiger partial charge is 0.404 e. The fraction of sp³-hybridized carbons (Fsp3) is 0. The molecule has 2 aromatic heterocycles. The Morgan fingerprint density at radius 1 is 1.40 bits per heavy atom. The molecule has 8 heteroatoms. The number of pyridine rings is 1. The standard InChI is InChI=1S/C12H9Cl2N5O/c13-9-6-18-12(14)19-11(9)7(3-15)4-16-8-1-2-10(20)17-5-8/h1-6H,15H2,(H,17,20)/b7-3+,16-4?. The van der Waals surface area contributed by atoms with Gasteiger partial charge in [0.15, 0.2) is 0 Å². The van der Waals surface area contributed by atoms with Gasteiger partial charge in [0, 0.05) is 30.3 Å². The van der Waals surface area contributed by atoms with Crippen molar-refractivity contribution in [2.45, 2.75) is 0 Å². The van der Waals surface area contributed by atoms with E-state index in [-0.39, 0.29) is 10.8 Å². The summed E-state index contributed by atoms with van der Waals surface area (Å²) in [5.74, 6) is 0. The number of nitrogens with two attached hydrogens (primary N) is 1. The van der Waals surface area contributed by atoms with Crippen LogP contribution in [-0.4, -0.2) is 21.2 Å². The van der Waals surface area contributed by atoms with Gasteiger partial charge < -0.3 is 10.7 Å². The molecule has 20 heavy (non-hydrogen) atoms. The molecule has 2 aromatic rings. The van der Waals surface area contributed by atoms with Crippen LogP contribution in [0.25, 0.3) is 5.57 Å². The Labute approximate surface area is 124 Å². The predicted molar refractivity (Wildman–Crippen MR) is 79.4 cm³/mol. The molecule has 0 atom stereocenters. The minimum Gasteiger partial charge on any atom is -0.404 e. The minimum atomic E-state index is -0.204. The predicted octanol–water partition coefficient (Wildman–Crippen LogP) is 2.17. The molecule has 2 heterocycles. The van der Waals surface area contributed by atoms with E-state index in [4.69, 9.17) is 28.9 Å². The molecule has 6 nitrogen and oxygen atoms in total. The highest BCUT2D eigenvalue weighted by Gasteiger charge is 2.08. The number of allylic oxidation sites excluding steroid dienone is 1. The molecule has 2 rings (SSSR count). The van der Waals surface area contributed by atoms with Crippen molar-refractivity contribution in [3.05, 3.63) is 57.1 Å². The molecular formula is C12H9Cl2N5O. The van der Waals surface area contributed by atoms with Gasteiger partial charge in [-0.25, -0.2) is 9.97 Å². The molecule has 0 fully saturated rings. The number of H-pyrrole nitrogens is 1. The first kappa shape index (κ1) is 14.2. The van der Waals surface area contributed by atoms with Gasteiger partial charge in [-0.15, -0.1) is 0 Å². The third-order valence-corrected chi connectivity index (χ3v) is 2.75. The number of rotatable bonds is 3. The lowest BCUT2D eigenvalue weighted by Crippen LogP contribution is -2.00. The van der Waals surface area contributed by atoms with Gasteiger partial charge in [-0.05, 0) is 17.7 Å². The van der Waals surface area contributed by atoms with Crippen molar-refractivity contribution in [2.75, 3.05) is 0 Å². The molecule has 0 aliphatic carbocycles. The Morgan fingerprint density at radius 2 is 2.20 bits per heavy atom. The van der Waals surface area contributed by atoms with Gasteiger partial charge in [-0.1, -0.05) is 11.6 Å². The fourth-order valence-electron chi connectivity index (χ4n) is 1.36. The molecule has 0 aliphatic rings. The van der Waals surface area contributed by atoms with Gasteiger partial charge in [0.2, 0.25) is 10.8 Å². The number of nitrogens with zero attached hydrogens (tertiary/aromatic N) is 3. The van der Waals surface area contributed by atoms with E-state index in [0.29, 0.717) is 22.0 Å². The Balaban J connectivity index is 2.32. The Hall–Kier alpha value is -2.18. The number of aromatic amines is 1. The van der Waals surface area contributed by atoms with Crippen LogP contribution >= 0.6 is 23.2 Å². The topological polar surface area (TPSA) is 97.0 Å². The summed E-state index contributed by atoms with van der Waals surface area (Å²) in [5, 5.41) is 0.361. The second-order valence-corrected chi connectivity index (χ2v) is 4.37. The molecule has 0 bridgehead atoms. The molecule has 0 radical (unpaired) electrons. The van der Waals surface area contributed by atoms with Crippen molar-refractivity contribution < 1.29 is 0 Å². The zero-order valence-corrected chi connectivity index (χ0v) is 11.6. The van der Waals surface area contributed by atoms with E-state index in [1.807, 2.05) is 0 Å². The van der Waals surface area contributed by atoms with Crippen LogP contribution in [0.1, 0.15) is 5.69 Å². The van der Waals surface area contributed by atoms with E-state index in [1.54, 1.807) is 6.07 Å². The van der Waals surface area contributed by atoms with E-state index in [0.717, 1.165) is 0 Å². The van der Waals surface area contributed by atoms with E-state index < -0.39 is 0 Å². The molecule has 0 aliphatic heterocycles. The number of aliphatic imine (C=N–C) groups is 1. The number of aromatic nitrogens is 3. The van der Waals surface area contributed by atoms with Crippen molar-refractivity contribution in [1.29, 1.82) is 0 Å². The average Bonchev–Trinajstić information content (AvgIpc) is 2.45. The summed E-state index contributed by atoms with van der Waals surface area (Å²) in [5.41, 5.74) is 6.74. The lowest BCUT2D eigenvalue weighted by molar-refractivity contribution is 1.15. The van der Waals surface area contributed by atoms with Gasteiger partial charge in [-0.3, -0.25) is 9.79 Å². The summed E-state index contributed by atoms with van der Waals surface area (Å²) in [4.78, 5) is 25.4. The van der Waals surface area contributed by atoms with Crippen LogP contribution in [0.15, 0.2) is 40.5 Å². The molecule has 0 amide bonds. The monoisotopic (exact) mass is 309 g/mol. The highest BCUT2D eigenvalue weighted by atomic mass is 35.5. The third kappa shape index (κ3) is 3.43. The SMILES string of the molecule is N/C=C(\C=Nc1ccc(=O)[nH]c1)c1nc(Cl)ncc1Cl. The van der Waals surface area contributed by atoms with E-state index in [2.05, 4.69) is 19.9 Å². The zero-order valence-electron chi connectivity index (χ0n) is 10.0. The highest BCUT2D eigenvalue weighted by Crippen LogP contribution is 2.21. The molecule has 0 spiro atoms. The van der Waals surface area contributed by atoms with Crippen LogP contribution in [0.5, 0.6) is 0 Å². The summed E-state index contributed by atoms with van der Waals surface area (Å²) in [7, 11) is 0. The summed E-state index contributed by atoms with van der Waals surface area (Å²) in [6.45, 7) is 0. The van der Waals surface area contributed by atoms with Crippen molar-refractivity contribution in [3.63, 3.8) is 0 Å². The molecule has 3 N–H and O–H groups in total. The number of hydrogen-bond donors (Lipinski definition) is 2. The van der Waals surface area contributed by atoms with Crippen LogP contribution < -0.4 is 11.3 Å². The van der Waals surface area contributed by atoms with Crippen molar-refractivity contribution in [1.82, 2.24) is 15.0 Å². The normalized spacial score (nSPS) is 12.0. The van der Waals surface area contributed by atoms with Gasteiger partial charge in [0.25, 0.3) is 0 Å². The minimum absolute atomic E-state index is 0.0567. The fourth-order valence-corrected chi connectivity index (χ4v) is 1.69. The van der Waals surface area contributed by atoms with Gasteiger partial charge in [0.05, 0.1) is 22.6 Å². The summed E-state index contributed by atoms with van der Waals surface area (Å²) >= 11 is 11.7. The third-order valence-electron chi connectivity index (χ3n) is 2.29. The summed E-state index contributed by atoms with van der Waals surface area (Å²) in [6, 6.07) is 2.94. The maximum Gasteiger partial charge on any atom is 0.248 e. The first-order valence-electron chi connectivity index (χ1n) is 5.43. The molecule has 102 valence electrons. The van der Waals surface area contributed by atoms with Crippen LogP contribution in [0.3, 0.4) is 0 Å². The smallest absolute Gasteiger partial charge is 0.248 e. The number of halogens is 2. The molecule has 0 unspecified atom stereocenters. The molecule has 0 saturated carbocycles. The average molecular weight is 310 g/mol. The lowest BCUT2D eigenvalue weighted by Gasteiger charge is -2.03. The maximum absolute atomic E-state index is 10.9. The Kier molecular flexibility index (Phi) is 4.49. The summed E-state index contributed by atoms with van der Waals surface area (Å²) in [6.07, 6.45) is 5.63. The van der Waals surface area contributed by atoms with Crippen molar-refractivity contribution in [3.8, 4) is 0 Å².